The van der Waals surface area contributed by atoms with E-state index in [0.717, 1.165) is 11.1 Å². The van der Waals surface area contributed by atoms with E-state index in [2.05, 4.69) is 15.1 Å². The third-order valence-electron chi connectivity index (χ3n) is 3.80. The van der Waals surface area contributed by atoms with Crippen LogP contribution in [0.5, 0.6) is 0 Å². The molecule has 2 aromatic heterocycles. The smallest absolute Gasteiger partial charge is 0.264 e. The molecule has 0 aliphatic heterocycles. The summed E-state index contributed by atoms with van der Waals surface area (Å²) in [5.41, 5.74) is -1.72. The van der Waals surface area contributed by atoms with Crippen molar-refractivity contribution in [1.82, 2.24) is 19.7 Å². The van der Waals surface area contributed by atoms with E-state index in [4.69, 9.17) is 0 Å². The number of hydrogen-bond acceptors (Lipinski definition) is 3. The summed E-state index contributed by atoms with van der Waals surface area (Å²) < 4.78 is 79.1. The van der Waals surface area contributed by atoms with Crippen molar-refractivity contribution in [1.29, 1.82) is 0 Å². The predicted octanol–water partition coefficient (Wildman–Crippen LogP) is 5.40. The van der Waals surface area contributed by atoms with Gasteiger partial charge in [-0.1, -0.05) is 6.07 Å². The summed E-state index contributed by atoms with van der Waals surface area (Å²) in [5.74, 6) is -0.258. The van der Waals surface area contributed by atoms with E-state index in [1.807, 2.05) is 0 Å². The molecule has 10 heteroatoms. The molecule has 3 rings (SSSR count). The van der Waals surface area contributed by atoms with Crippen molar-refractivity contribution >= 4 is 11.8 Å². The Hall–Kier alpha value is -3.17. The minimum absolute atomic E-state index is 0.0624. The molecule has 0 radical (unpaired) electrons. The van der Waals surface area contributed by atoms with Gasteiger partial charge in [0.05, 0.1) is 11.1 Å². The molecular weight excluding hydrogens is 386 g/mol. The van der Waals surface area contributed by atoms with Crippen LogP contribution in [0, 0.1) is 0 Å². The van der Waals surface area contributed by atoms with E-state index in [0.29, 0.717) is 12.1 Å². The molecule has 146 valence electrons. The van der Waals surface area contributed by atoms with E-state index in [9.17, 15) is 26.3 Å². The highest BCUT2D eigenvalue weighted by molar-refractivity contribution is 5.73. The zero-order valence-electron chi connectivity index (χ0n) is 14.3. The second kappa shape index (κ2) is 7.10. The Morgan fingerprint density at radius 3 is 2.18 bits per heavy atom. The second-order valence-corrected chi connectivity index (χ2v) is 5.90. The normalized spacial score (nSPS) is 13.0. The first kappa shape index (κ1) is 19.6. The Morgan fingerprint density at radius 1 is 1.00 bits per heavy atom. The first-order valence-electron chi connectivity index (χ1n) is 7.84. The van der Waals surface area contributed by atoms with Crippen LogP contribution in [0.3, 0.4) is 0 Å². The monoisotopic (exact) mass is 398 g/mol. The average Bonchev–Trinajstić information content (AvgIpc) is 3.09. The lowest BCUT2D eigenvalue weighted by molar-refractivity contribution is -0.143. The minimum atomic E-state index is -4.94. The molecule has 0 spiro atoms. The summed E-state index contributed by atoms with van der Waals surface area (Å²) in [6, 6.07) is 4.76. The predicted molar refractivity (Wildman–Crippen MR) is 89.5 cm³/mol. The fraction of sp³-hybridized carbons (Fsp3) is 0.167. The fourth-order valence-electron chi connectivity index (χ4n) is 2.42. The molecule has 0 aliphatic rings. The number of hydrogen-bond donors (Lipinski definition) is 0. The highest BCUT2D eigenvalue weighted by Crippen LogP contribution is 2.38. The van der Waals surface area contributed by atoms with Gasteiger partial charge < -0.3 is 0 Å². The van der Waals surface area contributed by atoms with E-state index >= 15 is 0 Å². The lowest BCUT2D eigenvalue weighted by Crippen LogP contribution is -2.11. The Balaban J connectivity index is 2.01. The van der Waals surface area contributed by atoms with Crippen LogP contribution in [0.2, 0.25) is 0 Å². The molecule has 28 heavy (non-hydrogen) atoms. The van der Waals surface area contributed by atoms with Gasteiger partial charge in [-0.05, 0) is 42.3 Å². The molecule has 0 bridgehead atoms. The summed E-state index contributed by atoms with van der Waals surface area (Å²) in [5, 5.41) is 3.97. The van der Waals surface area contributed by atoms with Gasteiger partial charge >= 0.3 is 12.4 Å². The van der Waals surface area contributed by atoms with Crippen LogP contribution < -0.4 is 0 Å². The van der Waals surface area contributed by atoms with Gasteiger partial charge in [0, 0.05) is 24.2 Å². The van der Waals surface area contributed by atoms with Crippen LogP contribution in [0.25, 0.3) is 23.2 Å². The van der Waals surface area contributed by atoms with Gasteiger partial charge in [0.25, 0.3) is 0 Å². The van der Waals surface area contributed by atoms with Crippen LogP contribution in [-0.4, -0.2) is 19.7 Å². The quantitative estimate of drug-likeness (QED) is 0.555. The molecule has 0 saturated carbocycles. The van der Waals surface area contributed by atoms with Gasteiger partial charge in [0.15, 0.2) is 5.82 Å². The Labute approximate surface area is 155 Å². The Kier molecular flexibility index (Phi) is 4.97. The number of rotatable bonds is 3. The van der Waals surface area contributed by atoms with Gasteiger partial charge in [0.2, 0.25) is 0 Å². The summed E-state index contributed by atoms with van der Waals surface area (Å²) >= 11 is 0. The number of halogens is 6. The van der Waals surface area contributed by atoms with Crippen LogP contribution in [0.4, 0.5) is 26.3 Å². The van der Waals surface area contributed by atoms with Crippen molar-refractivity contribution in [3.63, 3.8) is 0 Å². The molecule has 1 aromatic carbocycles. The van der Waals surface area contributed by atoms with Crippen LogP contribution in [-0.2, 0) is 12.4 Å². The van der Waals surface area contributed by atoms with Crippen molar-refractivity contribution in [2.45, 2.75) is 19.3 Å². The van der Waals surface area contributed by atoms with Gasteiger partial charge in [-0.2, -0.15) is 26.3 Å². The highest BCUT2D eigenvalue weighted by atomic mass is 19.4. The van der Waals surface area contributed by atoms with Gasteiger partial charge in [-0.3, -0.25) is 4.98 Å². The van der Waals surface area contributed by atoms with Crippen LogP contribution >= 0.6 is 0 Å². The average molecular weight is 398 g/mol. The Morgan fingerprint density at radius 2 is 1.64 bits per heavy atom. The Bertz CT molecular complexity index is 971. The maximum Gasteiger partial charge on any atom is 0.416 e. The second-order valence-electron chi connectivity index (χ2n) is 5.90. The van der Waals surface area contributed by atoms with Crippen LogP contribution in [0.1, 0.15) is 23.6 Å². The molecule has 0 amide bonds. The van der Waals surface area contributed by atoms with Crippen molar-refractivity contribution in [2.75, 3.05) is 0 Å². The third kappa shape index (κ3) is 4.38. The molecule has 0 N–H and O–H groups in total. The van der Waals surface area contributed by atoms with Gasteiger partial charge in [0.1, 0.15) is 6.33 Å². The highest BCUT2D eigenvalue weighted by Gasteiger charge is 2.37. The lowest BCUT2D eigenvalue weighted by Gasteiger charge is -2.13. The SMILES string of the molecule is C/C(=C\n1cnc(-c2cc(C(F)(F)F)cc(C(F)(F)F)c2)n1)c1cccnc1. The zero-order valence-corrected chi connectivity index (χ0v) is 14.3. The van der Waals surface area contributed by atoms with E-state index in [1.54, 1.807) is 31.5 Å². The van der Waals surface area contributed by atoms with Crippen molar-refractivity contribution in [3.8, 4) is 11.4 Å². The molecule has 0 unspecified atom stereocenters. The van der Waals surface area contributed by atoms with Crippen LogP contribution in [0.15, 0.2) is 49.1 Å². The molecule has 3 aromatic rings. The van der Waals surface area contributed by atoms with Gasteiger partial charge in [-0.25, -0.2) is 9.67 Å². The third-order valence-corrected chi connectivity index (χ3v) is 3.80. The molecule has 0 aliphatic carbocycles. The summed E-state index contributed by atoms with van der Waals surface area (Å²) in [6.07, 6.45) is -3.94. The topological polar surface area (TPSA) is 43.6 Å². The summed E-state index contributed by atoms with van der Waals surface area (Å²) in [7, 11) is 0. The lowest BCUT2D eigenvalue weighted by atomic mass is 10.0. The summed E-state index contributed by atoms with van der Waals surface area (Å²) in [6.45, 7) is 1.75. The standard InChI is InChI=1S/C18H12F6N4/c1-11(12-3-2-4-25-8-12)9-28-10-26-16(27-28)13-5-14(17(19,20)21)7-15(6-13)18(22,23)24/h2-10H,1H3/b11-9+. The minimum Gasteiger partial charge on any atom is -0.264 e. The molecule has 0 saturated heterocycles. The largest absolute Gasteiger partial charge is 0.416 e. The van der Waals surface area contributed by atoms with Crippen molar-refractivity contribution in [3.05, 3.63) is 65.7 Å². The zero-order chi connectivity index (χ0) is 20.5. The maximum absolute atomic E-state index is 13.0. The van der Waals surface area contributed by atoms with E-state index < -0.39 is 23.5 Å². The van der Waals surface area contributed by atoms with Gasteiger partial charge in [-0.15, -0.1) is 5.10 Å². The number of nitrogens with zero attached hydrogens (tertiary/aromatic N) is 4. The molecular formula is C18H12F6N4. The first-order chi connectivity index (χ1) is 13.0. The maximum atomic E-state index is 13.0. The molecule has 4 nitrogen and oxygen atoms in total. The molecule has 0 fully saturated rings. The first-order valence-corrected chi connectivity index (χ1v) is 7.84. The van der Waals surface area contributed by atoms with Crippen molar-refractivity contribution in [2.24, 2.45) is 0 Å². The summed E-state index contributed by atoms with van der Waals surface area (Å²) in [4.78, 5) is 7.80. The van der Waals surface area contributed by atoms with Crippen molar-refractivity contribution < 1.29 is 26.3 Å². The number of aromatic nitrogens is 4. The number of benzene rings is 1. The van der Waals surface area contributed by atoms with E-state index in [-0.39, 0.29) is 17.5 Å². The number of pyridine rings is 1. The molecule has 0 atom stereocenters. The number of allylic oxidation sites excluding steroid dienone is 1. The molecule has 2 heterocycles. The number of alkyl halides is 6. The van der Waals surface area contributed by atoms with E-state index in [1.165, 1.54) is 17.2 Å². The fourth-order valence-corrected chi connectivity index (χ4v) is 2.42.